The molecule has 0 bridgehead atoms. The molecule has 0 radical (unpaired) electrons. The molecule has 1 rings (SSSR count). The van der Waals surface area contributed by atoms with Gasteiger partial charge in [-0.3, -0.25) is 9.69 Å². The van der Waals surface area contributed by atoms with Crippen LogP contribution in [0.15, 0.2) is 30.3 Å². The quantitative estimate of drug-likeness (QED) is 0.345. The van der Waals surface area contributed by atoms with Gasteiger partial charge in [0.2, 0.25) is 0 Å². The third-order valence-electron chi connectivity index (χ3n) is 3.96. The highest BCUT2D eigenvalue weighted by molar-refractivity contribution is 6.18. The maximum atomic E-state index is 12.7. The minimum absolute atomic E-state index is 0.194. The first-order valence-corrected chi connectivity index (χ1v) is 10.6. The van der Waals surface area contributed by atoms with Crippen molar-refractivity contribution in [3.8, 4) is 0 Å². The van der Waals surface area contributed by atoms with Crippen LogP contribution in [0.4, 0.5) is 10.5 Å². The molecule has 30 heavy (non-hydrogen) atoms. The largest absolute Gasteiger partial charge is 0.480 e. The maximum absolute atomic E-state index is 12.7. The van der Waals surface area contributed by atoms with Crippen LogP contribution in [0.25, 0.3) is 0 Å². The fourth-order valence-electron chi connectivity index (χ4n) is 2.70. The number of hydrogen-bond donors (Lipinski definition) is 3. The molecule has 0 saturated heterocycles. The lowest BCUT2D eigenvalue weighted by atomic mass is 10.0. The second-order valence-electron chi connectivity index (χ2n) is 7.55. The second kappa shape index (κ2) is 12.6. The number of carbonyl (C=O) groups excluding carboxylic acids is 2. The molecule has 0 aliphatic carbocycles. The highest BCUT2D eigenvalue weighted by atomic mass is 35.5. The zero-order valence-electron chi connectivity index (χ0n) is 17.4. The van der Waals surface area contributed by atoms with Crippen molar-refractivity contribution in [1.29, 1.82) is 0 Å². The number of rotatable bonds is 11. The van der Waals surface area contributed by atoms with Crippen molar-refractivity contribution >= 4 is 46.9 Å². The summed E-state index contributed by atoms with van der Waals surface area (Å²) < 4.78 is 5.39. The molecule has 0 heterocycles. The van der Waals surface area contributed by atoms with Crippen LogP contribution in [0.1, 0.15) is 27.2 Å². The number of alkyl halides is 2. The highest BCUT2D eigenvalue weighted by Gasteiger charge is 2.34. The lowest BCUT2D eigenvalue weighted by Gasteiger charge is -2.31. The molecule has 0 saturated carbocycles. The molecule has 2 atom stereocenters. The molecule has 0 spiro atoms. The number of carbonyl (C=O) groups is 3. The van der Waals surface area contributed by atoms with Crippen molar-refractivity contribution in [3.05, 3.63) is 30.3 Å². The molecule has 2 amide bonds. The van der Waals surface area contributed by atoms with E-state index in [0.717, 1.165) is 0 Å². The summed E-state index contributed by atoms with van der Waals surface area (Å²) in [6.45, 7) is 5.60. The zero-order chi connectivity index (χ0) is 22.7. The van der Waals surface area contributed by atoms with E-state index in [0.29, 0.717) is 5.69 Å². The van der Waals surface area contributed by atoms with E-state index >= 15 is 0 Å². The van der Waals surface area contributed by atoms with E-state index in [4.69, 9.17) is 27.9 Å². The van der Waals surface area contributed by atoms with Crippen molar-refractivity contribution in [3.63, 3.8) is 0 Å². The summed E-state index contributed by atoms with van der Waals surface area (Å²) in [7, 11) is 0. The Morgan fingerprint density at radius 3 is 2.13 bits per heavy atom. The summed E-state index contributed by atoms with van der Waals surface area (Å²) in [5.74, 6) is -1.49. The van der Waals surface area contributed by atoms with Crippen LogP contribution in [0.2, 0.25) is 0 Å². The monoisotopic (exact) mass is 461 g/mol. The van der Waals surface area contributed by atoms with E-state index in [1.165, 1.54) is 0 Å². The molecule has 0 aliphatic heterocycles. The summed E-state index contributed by atoms with van der Waals surface area (Å²) in [6.07, 6.45) is -0.208. The van der Waals surface area contributed by atoms with Crippen LogP contribution in [0, 0.1) is 0 Å². The average Bonchev–Trinajstić information content (AvgIpc) is 2.64. The summed E-state index contributed by atoms with van der Waals surface area (Å²) >= 11 is 11.6. The SMILES string of the molecule is CC(C)(C)OC(=O)[C@H](CC(C(=O)O)N(CCCl)CCCl)NC(=O)Nc1ccccc1. The number of nitrogens with zero attached hydrogens (tertiary/aromatic N) is 1. The van der Waals surface area contributed by atoms with Gasteiger partial charge in [-0.2, -0.15) is 0 Å². The van der Waals surface area contributed by atoms with Gasteiger partial charge in [-0.05, 0) is 32.9 Å². The van der Waals surface area contributed by atoms with Gasteiger partial charge in [-0.25, -0.2) is 9.59 Å². The van der Waals surface area contributed by atoms with E-state index in [1.54, 1.807) is 56.0 Å². The predicted octanol–water partition coefficient (Wildman–Crippen LogP) is 3.14. The first-order chi connectivity index (χ1) is 14.1. The summed E-state index contributed by atoms with van der Waals surface area (Å²) in [5.41, 5.74) is -0.281. The smallest absolute Gasteiger partial charge is 0.329 e. The number of hydrogen-bond acceptors (Lipinski definition) is 5. The molecular formula is C20H29Cl2N3O5. The van der Waals surface area contributed by atoms with Gasteiger partial charge in [0.05, 0.1) is 0 Å². The van der Waals surface area contributed by atoms with Gasteiger partial charge >= 0.3 is 18.0 Å². The summed E-state index contributed by atoms with van der Waals surface area (Å²) in [4.78, 5) is 38.6. The number of esters is 1. The van der Waals surface area contributed by atoms with Crippen LogP contribution < -0.4 is 10.6 Å². The Hall–Kier alpha value is -2.03. The Morgan fingerprint density at radius 2 is 1.67 bits per heavy atom. The molecular weight excluding hydrogens is 433 g/mol. The molecule has 3 N–H and O–H groups in total. The number of carboxylic acid groups (broad SMARTS) is 1. The predicted molar refractivity (Wildman–Crippen MR) is 117 cm³/mol. The van der Waals surface area contributed by atoms with Gasteiger partial charge in [-0.15, -0.1) is 23.2 Å². The molecule has 0 fully saturated rings. The lowest BCUT2D eigenvalue weighted by Crippen LogP contribution is -2.52. The van der Waals surface area contributed by atoms with Crippen molar-refractivity contribution in [1.82, 2.24) is 10.2 Å². The van der Waals surface area contributed by atoms with Crippen LogP contribution in [0.5, 0.6) is 0 Å². The number of carboxylic acids is 1. The third-order valence-corrected chi connectivity index (χ3v) is 4.29. The minimum Gasteiger partial charge on any atom is -0.480 e. The molecule has 1 aromatic carbocycles. The third kappa shape index (κ3) is 9.65. The number of urea groups is 1. The normalized spacial score (nSPS) is 13.4. The first kappa shape index (κ1) is 26.0. The standard InChI is InChI=1S/C20H29Cl2N3O5/c1-20(2,3)30-18(28)15(24-19(29)23-14-7-5-4-6-8-14)13-16(17(26)27)25(11-9-21)12-10-22/h4-8,15-16H,9-13H2,1-3H3,(H,26,27)(H2,23,24,29)/t15-,16?/m0/s1. The van der Waals surface area contributed by atoms with Gasteiger partial charge in [0, 0.05) is 37.0 Å². The van der Waals surface area contributed by atoms with Gasteiger partial charge in [0.15, 0.2) is 0 Å². The number of ether oxygens (including phenoxy) is 1. The fourth-order valence-corrected chi connectivity index (χ4v) is 3.14. The topological polar surface area (TPSA) is 108 Å². The molecule has 1 unspecified atom stereocenters. The Balaban J connectivity index is 3.03. The molecule has 8 nitrogen and oxygen atoms in total. The number of nitrogens with one attached hydrogen (secondary N) is 2. The Bertz CT molecular complexity index is 691. The summed E-state index contributed by atoms with van der Waals surface area (Å²) in [6, 6.07) is 5.73. The first-order valence-electron chi connectivity index (χ1n) is 9.51. The van der Waals surface area contributed by atoms with E-state index in [-0.39, 0.29) is 31.3 Å². The van der Waals surface area contributed by atoms with E-state index in [9.17, 15) is 19.5 Å². The Morgan fingerprint density at radius 1 is 1.10 bits per heavy atom. The number of aliphatic carboxylic acids is 1. The van der Waals surface area contributed by atoms with Gasteiger partial charge in [-0.1, -0.05) is 18.2 Å². The Kier molecular flexibility index (Phi) is 10.9. The molecule has 1 aromatic rings. The molecule has 0 aliphatic rings. The molecule has 0 aromatic heterocycles. The number of anilines is 1. The molecule has 10 heteroatoms. The van der Waals surface area contributed by atoms with E-state index < -0.39 is 35.7 Å². The Labute approximate surface area is 186 Å². The van der Waals surface area contributed by atoms with E-state index in [2.05, 4.69) is 10.6 Å². The number of para-hydroxylation sites is 1. The number of benzene rings is 1. The number of amides is 2. The average molecular weight is 462 g/mol. The minimum atomic E-state index is -1.19. The van der Waals surface area contributed by atoms with Crippen LogP contribution >= 0.6 is 23.2 Å². The summed E-state index contributed by atoms with van der Waals surface area (Å²) in [5, 5.41) is 14.9. The van der Waals surface area contributed by atoms with E-state index in [1.807, 2.05) is 0 Å². The second-order valence-corrected chi connectivity index (χ2v) is 8.31. The maximum Gasteiger partial charge on any atom is 0.329 e. The van der Waals surface area contributed by atoms with Crippen molar-refractivity contribution < 1.29 is 24.2 Å². The van der Waals surface area contributed by atoms with Gasteiger partial charge < -0.3 is 20.5 Å². The van der Waals surface area contributed by atoms with Crippen LogP contribution in [-0.4, -0.2) is 70.5 Å². The number of halogens is 2. The van der Waals surface area contributed by atoms with Crippen LogP contribution in [0.3, 0.4) is 0 Å². The van der Waals surface area contributed by atoms with Crippen molar-refractivity contribution in [2.45, 2.75) is 44.9 Å². The highest BCUT2D eigenvalue weighted by Crippen LogP contribution is 2.15. The molecule has 168 valence electrons. The zero-order valence-corrected chi connectivity index (χ0v) is 18.9. The van der Waals surface area contributed by atoms with Gasteiger partial charge in [0.25, 0.3) is 0 Å². The fraction of sp³-hybridized carbons (Fsp3) is 0.550. The lowest BCUT2D eigenvalue weighted by molar-refractivity contribution is -0.158. The van der Waals surface area contributed by atoms with Crippen molar-refractivity contribution in [2.24, 2.45) is 0 Å². The van der Waals surface area contributed by atoms with Crippen molar-refractivity contribution in [2.75, 3.05) is 30.2 Å². The van der Waals surface area contributed by atoms with Crippen LogP contribution in [-0.2, 0) is 14.3 Å². The van der Waals surface area contributed by atoms with Gasteiger partial charge in [0.1, 0.15) is 17.7 Å².